The van der Waals surface area contributed by atoms with E-state index in [1.807, 2.05) is 65.8 Å². The van der Waals surface area contributed by atoms with Crippen LogP contribution in [0.3, 0.4) is 0 Å². The van der Waals surface area contributed by atoms with Gasteiger partial charge in [-0.25, -0.2) is 4.79 Å². The summed E-state index contributed by atoms with van der Waals surface area (Å²) in [6.07, 6.45) is -0.677. The van der Waals surface area contributed by atoms with Crippen LogP contribution in [0.25, 0.3) is 0 Å². The van der Waals surface area contributed by atoms with Crippen LogP contribution in [0.1, 0.15) is 62.3 Å². The van der Waals surface area contributed by atoms with Gasteiger partial charge in [0.25, 0.3) is 0 Å². The molecule has 1 heterocycles. The number of amides is 1. The summed E-state index contributed by atoms with van der Waals surface area (Å²) >= 11 is 0. The molecule has 1 N–H and O–H groups in total. The van der Waals surface area contributed by atoms with Gasteiger partial charge in [-0.2, -0.15) is 0 Å². The molecule has 1 aromatic carbocycles. The van der Waals surface area contributed by atoms with Crippen molar-refractivity contribution in [2.24, 2.45) is 0 Å². The molecule has 0 aromatic heterocycles. The Hall–Kier alpha value is -1.55. The molecule has 192 valence electrons. The standard InChI is InChI=1S/C25H44BNO6Si/c1-18(2)31-22(28)27-20(17-30-34(10,11)23(3,4)5)16-29-21-14-12-19(13-15-21)26-32-24(6,7)25(8,9)33-26/h12-15,18,20H,16-17H2,1-11H3,(H,27,28)/t20-/m1/s1. The molecular weight excluding hydrogens is 449 g/mol. The highest BCUT2D eigenvalue weighted by Crippen LogP contribution is 2.37. The van der Waals surface area contributed by atoms with Crippen LogP contribution in [0.15, 0.2) is 24.3 Å². The Morgan fingerprint density at radius 3 is 2.03 bits per heavy atom. The molecule has 0 unspecified atom stereocenters. The SMILES string of the molecule is CC(C)OC(=O)N[C@H](COc1ccc(B2OC(C)(C)C(C)(C)O2)cc1)CO[Si](C)(C)C(C)(C)C. The normalized spacial score (nSPS) is 18.6. The van der Waals surface area contributed by atoms with E-state index in [1.54, 1.807) is 0 Å². The molecule has 0 radical (unpaired) electrons. The first-order valence-corrected chi connectivity index (χ1v) is 15.0. The fourth-order valence-electron chi connectivity index (χ4n) is 2.97. The Kier molecular flexibility index (Phi) is 8.94. The summed E-state index contributed by atoms with van der Waals surface area (Å²) < 4.78 is 29.8. The Labute approximate surface area is 207 Å². The predicted molar refractivity (Wildman–Crippen MR) is 139 cm³/mol. The highest BCUT2D eigenvalue weighted by atomic mass is 28.4. The summed E-state index contributed by atoms with van der Waals surface area (Å²) in [5, 5.41) is 2.96. The highest BCUT2D eigenvalue weighted by Gasteiger charge is 2.51. The summed E-state index contributed by atoms with van der Waals surface area (Å²) in [6.45, 7) is 23.3. The van der Waals surface area contributed by atoms with Crippen molar-refractivity contribution in [1.29, 1.82) is 0 Å². The zero-order valence-corrected chi connectivity index (χ0v) is 23.9. The van der Waals surface area contributed by atoms with E-state index >= 15 is 0 Å². The number of hydrogen-bond acceptors (Lipinski definition) is 6. The molecule has 1 aliphatic heterocycles. The van der Waals surface area contributed by atoms with Gasteiger partial charge >= 0.3 is 13.2 Å². The summed E-state index contributed by atoms with van der Waals surface area (Å²) in [6, 6.07) is 7.32. The van der Waals surface area contributed by atoms with Gasteiger partial charge in [-0.05, 0) is 77.3 Å². The summed E-state index contributed by atoms with van der Waals surface area (Å²) in [5.74, 6) is 0.691. The van der Waals surface area contributed by atoms with Crippen molar-refractivity contribution in [2.75, 3.05) is 13.2 Å². The van der Waals surface area contributed by atoms with Crippen molar-refractivity contribution in [3.8, 4) is 5.75 Å². The van der Waals surface area contributed by atoms with Crippen molar-refractivity contribution in [1.82, 2.24) is 5.32 Å². The number of hydrogen-bond donors (Lipinski definition) is 1. The Morgan fingerprint density at radius 1 is 1.03 bits per heavy atom. The topological polar surface area (TPSA) is 75.3 Å². The van der Waals surface area contributed by atoms with Gasteiger partial charge in [0.05, 0.1) is 30.0 Å². The number of ether oxygens (including phenoxy) is 2. The quantitative estimate of drug-likeness (QED) is 0.494. The first kappa shape index (κ1) is 28.7. The second-order valence-electron chi connectivity index (χ2n) is 11.8. The molecule has 2 rings (SSSR count). The summed E-state index contributed by atoms with van der Waals surface area (Å²) in [4.78, 5) is 12.2. The van der Waals surface area contributed by atoms with Crippen molar-refractivity contribution in [3.05, 3.63) is 24.3 Å². The van der Waals surface area contributed by atoms with E-state index in [-0.39, 0.29) is 35.0 Å². The van der Waals surface area contributed by atoms with Gasteiger partial charge in [0.15, 0.2) is 8.32 Å². The molecule has 0 bridgehead atoms. The van der Waals surface area contributed by atoms with Crippen LogP contribution in [-0.4, -0.2) is 58.1 Å². The lowest BCUT2D eigenvalue weighted by atomic mass is 9.79. The first-order valence-electron chi connectivity index (χ1n) is 12.1. The molecule has 0 aliphatic carbocycles. The molecule has 1 fully saturated rings. The lowest BCUT2D eigenvalue weighted by Gasteiger charge is -2.37. The molecule has 34 heavy (non-hydrogen) atoms. The van der Waals surface area contributed by atoms with Crippen molar-refractivity contribution in [2.45, 2.75) is 104 Å². The first-order chi connectivity index (χ1) is 15.4. The van der Waals surface area contributed by atoms with Gasteiger partial charge < -0.3 is 28.5 Å². The fraction of sp³-hybridized carbons (Fsp3) is 0.720. The molecule has 1 atom stereocenters. The van der Waals surface area contributed by atoms with E-state index in [9.17, 15) is 4.79 Å². The molecule has 9 heteroatoms. The van der Waals surface area contributed by atoms with Crippen LogP contribution in [0, 0.1) is 0 Å². The maximum atomic E-state index is 12.2. The van der Waals surface area contributed by atoms with Gasteiger partial charge in [-0.3, -0.25) is 0 Å². The van der Waals surface area contributed by atoms with Crippen LogP contribution in [-0.2, 0) is 18.5 Å². The smallest absolute Gasteiger partial charge is 0.491 e. The largest absolute Gasteiger partial charge is 0.494 e. The third-order valence-corrected chi connectivity index (χ3v) is 11.5. The lowest BCUT2D eigenvalue weighted by molar-refractivity contribution is 0.00578. The van der Waals surface area contributed by atoms with Gasteiger partial charge in [0.1, 0.15) is 12.4 Å². The number of carbonyl (C=O) groups excluding carboxylic acids is 1. The van der Waals surface area contributed by atoms with E-state index in [2.05, 4.69) is 39.2 Å². The molecular formula is C25H44BNO6Si. The predicted octanol–water partition coefficient (Wildman–Crippen LogP) is 4.89. The summed E-state index contributed by atoms with van der Waals surface area (Å²) in [7, 11) is -2.40. The molecule has 1 aromatic rings. The maximum absolute atomic E-state index is 12.2. The molecule has 1 amide bonds. The van der Waals surface area contributed by atoms with Crippen LogP contribution >= 0.6 is 0 Å². The maximum Gasteiger partial charge on any atom is 0.494 e. The molecule has 1 saturated heterocycles. The van der Waals surface area contributed by atoms with E-state index in [1.165, 1.54) is 0 Å². The number of benzene rings is 1. The van der Waals surface area contributed by atoms with Gasteiger partial charge in [0.2, 0.25) is 0 Å². The minimum atomic E-state index is -1.98. The van der Waals surface area contributed by atoms with Crippen LogP contribution in [0.2, 0.25) is 18.1 Å². The summed E-state index contributed by atoms with van der Waals surface area (Å²) in [5.41, 5.74) is 0.156. The number of rotatable bonds is 9. The second kappa shape index (κ2) is 10.6. The van der Waals surface area contributed by atoms with Crippen molar-refractivity contribution < 1.29 is 28.0 Å². The zero-order chi connectivity index (χ0) is 25.9. The van der Waals surface area contributed by atoms with Gasteiger partial charge in [0, 0.05) is 0 Å². The van der Waals surface area contributed by atoms with Crippen LogP contribution < -0.4 is 15.5 Å². The van der Waals surface area contributed by atoms with Crippen molar-refractivity contribution >= 4 is 27.0 Å². The van der Waals surface area contributed by atoms with Crippen LogP contribution in [0.4, 0.5) is 4.79 Å². The van der Waals surface area contributed by atoms with E-state index in [0.717, 1.165) is 5.46 Å². The van der Waals surface area contributed by atoms with Crippen LogP contribution in [0.5, 0.6) is 5.75 Å². The lowest BCUT2D eigenvalue weighted by Crippen LogP contribution is -2.48. The average Bonchev–Trinajstić information content (AvgIpc) is 2.90. The Bertz CT molecular complexity index is 804. The fourth-order valence-corrected chi connectivity index (χ4v) is 4.02. The average molecular weight is 494 g/mol. The third-order valence-electron chi connectivity index (χ3n) is 6.97. The van der Waals surface area contributed by atoms with E-state index < -0.39 is 21.5 Å². The van der Waals surface area contributed by atoms with Gasteiger partial charge in [-0.1, -0.05) is 32.9 Å². The van der Waals surface area contributed by atoms with Gasteiger partial charge in [-0.15, -0.1) is 0 Å². The van der Waals surface area contributed by atoms with E-state index in [4.69, 9.17) is 23.2 Å². The molecule has 1 aliphatic rings. The molecule has 0 spiro atoms. The minimum Gasteiger partial charge on any atom is -0.491 e. The Morgan fingerprint density at radius 2 is 1.56 bits per heavy atom. The number of carbonyl (C=O) groups is 1. The highest BCUT2D eigenvalue weighted by molar-refractivity contribution is 6.74. The molecule has 7 nitrogen and oxygen atoms in total. The monoisotopic (exact) mass is 493 g/mol. The van der Waals surface area contributed by atoms with Crippen molar-refractivity contribution in [3.63, 3.8) is 0 Å². The third kappa shape index (κ3) is 7.47. The Balaban J connectivity index is 2.02. The minimum absolute atomic E-state index is 0.0696. The molecule has 0 saturated carbocycles. The number of nitrogens with one attached hydrogen (secondary N) is 1. The second-order valence-corrected chi connectivity index (χ2v) is 16.6. The van der Waals surface area contributed by atoms with E-state index in [0.29, 0.717) is 12.4 Å². The zero-order valence-electron chi connectivity index (χ0n) is 22.9. The number of alkyl carbamates (subject to hydrolysis) is 1.